The van der Waals surface area contributed by atoms with Crippen molar-refractivity contribution in [3.8, 4) is 6.07 Å². The first kappa shape index (κ1) is 15.3. The van der Waals surface area contributed by atoms with Crippen LogP contribution in [-0.4, -0.2) is 5.11 Å². The first-order valence-electron chi connectivity index (χ1n) is 7.07. The monoisotopic (exact) mass is 295 g/mol. The van der Waals surface area contributed by atoms with Gasteiger partial charge in [0.15, 0.2) is 0 Å². The van der Waals surface area contributed by atoms with Crippen LogP contribution >= 0.6 is 11.6 Å². The number of halogens is 2. The van der Waals surface area contributed by atoms with Crippen LogP contribution in [0.2, 0.25) is 5.02 Å². The van der Waals surface area contributed by atoms with E-state index in [2.05, 4.69) is 13.0 Å². The van der Waals surface area contributed by atoms with Gasteiger partial charge in [-0.2, -0.15) is 5.26 Å². The van der Waals surface area contributed by atoms with Crippen LogP contribution in [0, 0.1) is 28.5 Å². The van der Waals surface area contributed by atoms with E-state index in [0.29, 0.717) is 18.8 Å². The molecular weight excluding hydrogens is 277 g/mol. The second-order valence-electron chi connectivity index (χ2n) is 5.66. The average molecular weight is 296 g/mol. The second-order valence-corrected chi connectivity index (χ2v) is 6.06. The van der Waals surface area contributed by atoms with Gasteiger partial charge in [0.25, 0.3) is 0 Å². The Kier molecular flexibility index (Phi) is 4.67. The third-order valence-electron chi connectivity index (χ3n) is 4.59. The van der Waals surface area contributed by atoms with Crippen LogP contribution in [-0.2, 0) is 0 Å². The number of benzene rings is 1. The molecule has 2 nitrogen and oxygen atoms in total. The summed E-state index contributed by atoms with van der Waals surface area (Å²) in [5.74, 6) is 0.0528. The zero-order chi connectivity index (χ0) is 14.8. The number of hydrogen-bond acceptors (Lipinski definition) is 2. The summed E-state index contributed by atoms with van der Waals surface area (Å²) in [7, 11) is 0. The number of rotatable bonds is 3. The molecular formula is C16H19ClFNO. The molecule has 1 unspecified atom stereocenters. The van der Waals surface area contributed by atoms with E-state index in [-0.39, 0.29) is 10.6 Å². The molecule has 0 aliphatic heterocycles. The van der Waals surface area contributed by atoms with Gasteiger partial charge in [-0.1, -0.05) is 31.0 Å². The van der Waals surface area contributed by atoms with Crippen molar-refractivity contribution in [3.63, 3.8) is 0 Å². The molecule has 1 atom stereocenters. The van der Waals surface area contributed by atoms with E-state index < -0.39 is 17.3 Å². The summed E-state index contributed by atoms with van der Waals surface area (Å²) in [4.78, 5) is 0. The summed E-state index contributed by atoms with van der Waals surface area (Å²) in [6.07, 6.45) is 2.89. The smallest absolute Gasteiger partial charge is 0.130 e. The molecule has 1 aromatic rings. The van der Waals surface area contributed by atoms with E-state index in [0.717, 1.165) is 19.3 Å². The first-order chi connectivity index (χ1) is 9.54. The van der Waals surface area contributed by atoms with Crippen LogP contribution in [0.5, 0.6) is 0 Å². The van der Waals surface area contributed by atoms with Gasteiger partial charge in [0.05, 0.1) is 11.5 Å². The Balaban J connectivity index is 2.31. The van der Waals surface area contributed by atoms with Crippen LogP contribution in [0.25, 0.3) is 0 Å². The van der Waals surface area contributed by atoms with Crippen molar-refractivity contribution in [2.75, 3.05) is 0 Å². The number of aliphatic hydroxyl groups is 1. The van der Waals surface area contributed by atoms with Crippen molar-refractivity contribution >= 4 is 11.6 Å². The molecule has 0 bridgehead atoms. The fourth-order valence-corrected chi connectivity index (χ4v) is 3.36. The molecule has 4 heteroatoms. The molecule has 0 amide bonds. The lowest BCUT2D eigenvalue weighted by Crippen LogP contribution is -2.33. The van der Waals surface area contributed by atoms with Crippen molar-refractivity contribution in [3.05, 3.63) is 34.6 Å². The minimum atomic E-state index is -1.17. The fourth-order valence-electron chi connectivity index (χ4n) is 3.10. The fraction of sp³-hybridized carbons (Fsp3) is 0.562. The predicted molar refractivity (Wildman–Crippen MR) is 76.7 cm³/mol. The molecule has 0 spiro atoms. The van der Waals surface area contributed by atoms with Crippen molar-refractivity contribution < 1.29 is 9.50 Å². The molecule has 1 fully saturated rings. The quantitative estimate of drug-likeness (QED) is 0.884. The molecule has 0 saturated heterocycles. The molecule has 1 aliphatic carbocycles. The SMILES string of the molecule is CCC1CCC(C#N)(C(O)c2c(F)cccc2Cl)CC1. The average Bonchev–Trinajstić information content (AvgIpc) is 2.47. The predicted octanol–water partition coefficient (Wildman–Crippen LogP) is 4.62. The van der Waals surface area contributed by atoms with Gasteiger partial charge in [-0.25, -0.2) is 4.39 Å². The minimum absolute atomic E-state index is 0.0608. The Morgan fingerprint density at radius 3 is 2.65 bits per heavy atom. The summed E-state index contributed by atoms with van der Waals surface area (Å²) in [5.41, 5.74) is -0.858. The Morgan fingerprint density at radius 2 is 2.15 bits per heavy atom. The lowest BCUT2D eigenvalue weighted by atomic mass is 9.66. The van der Waals surface area contributed by atoms with Gasteiger partial charge < -0.3 is 5.11 Å². The van der Waals surface area contributed by atoms with Gasteiger partial charge in [-0.05, 0) is 43.7 Å². The van der Waals surface area contributed by atoms with Crippen molar-refractivity contribution in [2.24, 2.45) is 11.3 Å². The lowest BCUT2D eigenvalue weighted by Gasteiger charge is -2.38. The van der Waals surface area contributed by atoms with E-state index >= 15 is 0 Å². The van der Waals surface area contributed by atoms with Crippen molar-refractivity contribution in [2.45, 2.75) is 45.1 Å². The Bertz CT molecular complexity index is 497. The standard InChI is InChI=1S/C16H19ClFNO/c1-2-11-6-8-16(10-19,9-7-11)15(20)14-12(17)4-3-5-13(14)18/h3-5,11,15,20H,2,6-9H2,1H3. The van der Waals surface area contributed by atoms with Gasteiger partial charge in [-0.15, -0.1) is 0 Å². The Morgan fingerprint density at radius 1 is 1.50 bits per heavy atom. The molecule has 1 saturated carbocycles. The van der Waals surface area contributed by atoms with E-state index in [1.807, 2.05) is 0 Å². The van der Waals surface area contributed by atoms with E-state index in [1.54, 1.807) is 6.07 Å². The molecule has 1 aliphatic rings. The highest BCUT2D eigenvalue weighted by Crippen LogP contribution is 2.49. The number of nitriles is 1. The van der Waals surface area contributed by atoms with Gasteiger partial charge in [0.2, 0.25) is 0 Å². The first-order valence-corrected chi connectivity index (χ1v) is 7.45. The van der Waals surface area contributed by atoms with Crippen LogP contribution < -0.4 is 0 Å². The summed E-state index contributed by atoms with van der Waals surface area (Å²) >= 11 is 6.01. The second kappa shape index (κ2) is 6.11. The highest BCUT2D eigenvalue weighted by molar-refractivity contribution is 6.31. The summed E-state index contributed by atoms with van der Waals surface area (Å²) < 4.78 is 14.0. The molecule has 1 aromatic carbocycles. The topological polar surface area (TPSA) is 44.0 Å². The van der Waals surface area contributed by atoms with Crippen LogP contribution in [0.15, 0.2) is 18.2 Å². The van der Waals surface area contributed by atoms with Crippen LogP contribution in [0.4, 0.5) is 4.39 Å². The van der Waals surface area contributed by atoms with Crippen LogP contribution in [0.3, 0.4) is 0 Å². The van der Waals surface area contributed by atoms with Gasteiger partial charge in [0, 0.05) is 10.6 Å². The summed E-state index contributed by atoms with van der Waals surface area (Å²) in [6, 6.07) is 6.56. The molecule has 0 aromatic heterocycles. The third-order valence-corrected chi connectivity index (χ3v) is 4.92. The number of hydrogen-bond donors (Lipinski definition) is 1. The summed E-state index contributed by atoms with van der Waals surface area (Å²) in [5, 5.41) is 20.3. The molecule has 20 heavy (non-hydrogen) atoms. The van der Waals surface area contributed by atoms with Crippen molar-refractivity contribution in [1.82, 2.24) is 0 Å². The van der Waals surface area contributed by atoms with E-state index in [9.17, 15) is 14.8 Å². The van der Waals surface area contributed by atoms with E-state index in [1.165, 1.54) is 12.1 Å². The molecule has 108 valence electrons. The molecule has 2 rings (SSSR count). The number of aliphatic hydroxyl groups excluding tert-OH is 1. The normalized spacial score (nSPS) is 27.9. The largest absolute Gasteiger partial charge is 0.387 e. The third kappa shape index (κ3) is 2.68. The zero-order valence-electron chi connectivity index (χ0n) is 11.6. The zero-order valence-corrected chi connectivity index (χ0v) is 12.3. The maximum Gasteiger partial charge on any atom is 0.130 e. The lowest BCUT2D eigenvalue weighted by molar-refractivity contribution is 0.0220. The van der Waals surface area contributed by atoms with Gasteiger partial charge in [-0.3, -0.25) is 0 Å². The maximum atomic E-state index is 14.0. The molecule has 0 heterocycles. The highest BCUT2D eigenvalue weighted by Gasteiger charge is 2.43. The van der Waals surface area contributed by atoms with E-state index in [4.69, 9.17) is 11.6 Å². The number of nitrogens with zero attached hydrogens (tertiary/aromatic N) is 1. The summed E-state index contributed by atoms with van der Waals surface area (Å²) in [6.45, 7) is 2.13. The Labute approximate surface area is 124 Å². The minimum Gasteiger partial charge on any atom is -0.387 e. The maximum absolute atomic E-state index is 14.0. The molecule has 1 N–H and O–H groups in total. The van der Waals surface area contributed by atoms with Gasteiger partial charge in [0.1, 0.15) is 11.9 Å². The van der Waals surface area contributed by atoms with Crippen molar-refractivity contribution in [1.29, 1.82) is 5.26 Å². The highest BCUT2D eigenvalue weighted by atomic mass is 35.5. The molecule has 0 radical (unpaired) electrons. The van der Waals surface area contributed by atoms with Crippen LogP contribution in [0.1, 0.15) is 50.7 Å². The Hall–Kier alpha value is -1.11. The van der Waals surface area contributed by atoms with Gasteiger partial charge >= 0.3 is 0 Å².